The predicted molar refractivity (Wildman–Crippen MR) is 70.1 cm³/mol. The number of nitrogens with two attached hydrogens (primary N) is 1. The highest BCUT2D eigenvalue weighted by atomic mass is 16.5. The van der Waals surface area contributed by atoms with E-state index in [4.69, 9.17) is 10.5 Å². The standard InChI is InChI=1S/C14H22N2O/c15-11-14(10-12-6-8-16-9-7-12)17-13-4-2-1-3-5-13/h1-5,12,14,16H,6-11,15H2. The first kappa shape index (κ1) is 12.4. The molecule has 0 radical (unpaired) electrons. The topological polar surface area (TPSA) is 47.3 Å². The summed E-state index contributed by atoms with van der Waals surface area (Å²) in [7, 11) is 0. The molecule has 2 rings (SSSR count). The molecule has 0 bridgehead atoms. The number of benzene rings is 1. The van der Waals surface area contributed by atoms with Crippen LogP contribution in [0.25, 0.3) is 0 Å². The molecule has 1 aromatic rings. The lowest BCUT2D eigenvalue weighted by Crippen LogP contribution is -2.34. The third-order valence-corrected chi connectivity index (χ3v) is 3.36. The van der Waals surface area contributed by atoms with E-state index in [2.05, 4.69) is 5.32 Å². The Morgan fingerprint density at radius 2 is 1.94 bits per heavy atom. The van der Waals surface area contributed by atoms with E-state index in [1.54, 1.807) is 0 Å². The van der Waals surface area contributed by atoms with Crippen LogP contribution in [-0.4, -0.2) is 25.7 Å². The lowest BCUT2D eigenvalue weighted by atomic mass is 9.92. The van der Waals surface area contributed by atoms with Crippen molar-refractivity contribution >= 4 is 0 Å². The highest BCUT2D eigenvalue weighted by Gasteiger charge is 2.18. The number of nitrogens with one attached hydrogen (secondary N) is 1. The van der Waals surface area contributed by atoms with Gasteiger partial charge in [0.1, 0.15) is 11.9 Å². The summed E-state index contributed by atoms with van der Waals surface area (Å²) in [6, 6.07) is 9.97. The number of rotatable bonds is 5. The van der Waals surface area contributed by atoms with Gasteiger partial charge in [-0.2, -0.15) is 0 Å². The fourth-order valence-corrected chi connectivity index (χ4v) is 2.37. The summed E-state index contributed by atoms with van der Waals surface area (Å²) in [5, 5.41) is 3.38. The van der Waals surface area contributed by atoms with Gasteiger partial charge in [0.05, 0.1) is 0 Å². The molecule has 1 aliphatic rings. The van der Waals surface area contributed by atoms with Gasteiger partial charge >= 0.3 is 0 Å². The minimum atomic E-state index is 0.153. The molecule has 3 N–H and O–H groups in total. The van der Waals surface area contributed by atoms with Gasteiger partial charge in [-0.3, -0.25) is 0 Å². The van der Waals surface area contributed by atoms with Gasteiger partial charge in [0.2, 0.25) is 0 Å². The summed E-state index contributed by atoms with van der Waals surface area (Å²) in [5.41, 5.74) is 5.80. The van der Waals surface area contributed by atoms with E-state index in [0.717, 1.165) is 31.2 Å². The van der Waals surface area contributed by atoms with Gasteiger partial charge in [0.25, 0.3) is 0 Å². The van der Waals surface area contributed by atoms with Crippen LogP contribution in [0.1, 0.15) is 19.3 Å². The Morgan fingerprint density at radius 3 is 2.59 bits per heavy atom. The quantitative estimate of drug-likeness (QED) is 0.816. The van der Waals surface area contributed by atoms with Gasteiger partial charge in [-0.1, -0.05) is 18.2 Å². The maximum Gasteiger partial charge on any atom is 0.119 e. The number of para-hydroxylation sites is 1. The first-order valence-corrected chi connectivity index (χ1v) is 6.51. The van der Waals surface area contributed by atoms with Gasteiger partial charge < -0.3 is 15.8 Å². The van der Waals surface area contributed by atoms with Crippen molar-refractivity contribution < 1.29 is 4.74 Å². The second kappa shape index (κ2) is 6.62. The van der Waals surface area contributed by atoms with Crippen LogP contribution in [0.4, 0.5) is 0 Å². The molecule has 3 nitrogen and oxygen atoms in total. The molecule has 0 aliphatic carbocycles. The Morgan fingerprint density at radius 1 is 1.24 bits per heavy atom. The minimum Gasteiger partial charge on any atom is -0.489 e. The molecule has 1 aliphatic heterocycles. The monoisotopic (exact) mass is 234 g/mol. The summed E-state index contributed by atoms with van der Waals surface area (Å²) in [6.45, 7) is 2.86. The van der Waals surface area contributed by atoms with Crippen molar-refractivity contribution in [3.63, 3.8) is 0 Å². The van der Waals surface area contributed by atoms with Crippen molar-refractivity contribution in [2.75, 3.05) is 19.6 Å². The Hall–Kier alpha value is -1.06. The van der Waals surface area contributed by atoms with E-state index in [9.17, 15) is 0 Å². The molecule has 1 fully saturated rings. The van der Waals surface area contributed by atoms with Crippen molar-refractivity contribution in [2.24, 2.45) is 11.7 Å². The lowest BCUT2D eigenvalue weighted by Gasteiger charge is -2.26. The molecule has 1 saturated heterocycles. The predicted octanol–water partition coefficient (Wildman–Crippen LogP) is 1.78. The van der Waals surface area contributed by atoms with E-state index in [1.165, 1.54) is 12.8 Å². The molecule has 1 atom stereocenters. The van der Waals surface area contributed by atoms with Gasteiger partial charge in [0.15, 0.2) is 0 Å². The fourth-order valence-electron chi connectivity index (χ4n) is 2.37. The van der Waals surface area contributed by atoms with Crippen LogP contribution in [0.15, 0.2) is 30.3 Å². The number of hydrogen-bond acceptors (Lipinski definition) is 3. The summed E-state index contributed by atoms with van der Waals surface area (Å²) >= 11 is 0. The molecule has 0 aromatic heterocycles. The van der Waals surface area contributed by atoms with Crippen LogP contribution in [0, 0.1) is 5.92 Å². The van der Waals surface area contributed by atoms with Crippen molar-refractivity contribution in [1.29, 1.82) is 0 Å². The van der Waals surface area contributed by atoms with Gasteiger partial charge in [-0.05, 0) is 50.4 Å². The summed E-state index contributed by atoms with van der Waals surface area (Å²) in [6.07, 6.45) is 3.72. The maximum atomic E-state index is 5.92. The lowest BCUT2D eigenvalue weighted by molar-refractivity contribution is 0.162. The van der Waals surface area contributed by atoms with E-state index < -0.39 is 0 Å². The van der Waals surface area contributed by atoms with E-state index in [1.807, 2.05) is 30.3 Å². The second-order valence-corrected chi connectivity index (χ2v) is 4.72. The van der Waals surface area contributed by atoms with Crippen molar-refractivity contribution in [3.8, 4) is 5.75 Å². The molecule has 0 amide bonds. The van der Waals surface area contributed by atoms with Gasteiger partial charge in [0, 0.05) is 6.54 Å². The molecule has 17 heavy (non-hydrogen) atoms. The van der Waals surface area contributed by atoms with Crippen LogP contribution >= 0.6 is 0 Å². The average molecular weight is 234 g/mol. The summed E-state index contributed by atoms with van der Waals surface area (Å²) in [5.74, 6) is 1.69. The smallest absolute Gasteiger partial charge is 0.119 e. The molecule has 0 saturated carbocycles. The zero-order chi connectivity index (χ0) is 11.9. The molecule has 1 aromatic carbocycles. The Labute approximate surface area is 103 Å². The maximum absolute atomic E-state index is 5.92. The molecule has 0 spiro atoms. The zero-order valence-corrected chi connectivity index (χ0v) is 10.3. The third kappa shape index (κ3) is 4.02. The molecule has 3 heteroatoms. The Bertz CT molecular complexity index is 309. The molecule has 1 unspecified atom stereocenters. The van der Waals surface area contributed by atoms with Gasteiger partial charge in [-0.25, -0.2) is 0 Å². The number of piperidine rings is 1. The van der Waals surface area contributed by atoms with Crippen LogP contribution in [0.3, 0.4) is 0 Å². The normalized spacial score (nSPS) is 18.9. The van der Waals surface area contributed by atoms with Crippen molar-refractivity contribution in [2.45, 2.75) is 25.4 Å². The first-order chi connectivity index (χ1) is 8.38. The summed E-state index contributed by atoms with van der Waals surface area (Å²) in [4.78, 5) is 0. The minimum absolute atomic E-state index is 0.153. The average Bonchev–Trinajstić information content (AvgIpc) is 2.40. The highest BCUT2D eigenvalue weighted by Crippen LogP contribution is 2.20. The largest absolute Gasteiger partial charge is 0.489 e. The zero-order valence-electron chi connectivity index (χ0n) is 10.3. The van der Waals surface area contributed by atoms with E-state index in [-0.39, 0.29) is 6.10 Å². The molecular formula is C14H22N2O. The molecule has 1 heterocycles. The molecular weight excluding hydrogens is 212 g/mol. The SMILES string of the molecule is NCC(CC1CCNCC1)Oc1ccccc1. The Balaban J connectivity index is 1.83. The van der Waals surface area contributed by atoms with Gasteiger partial charge in [-0.15, -0.1) is 0 Å². The highest BCUT2D eigenvalue weighted by molar-refractivity contribution is 5.21. The second-order valence-electron chi connectivity index (χ2n) is 4.72. The Kier molecular flexibility index (Phi) is 4.83. The fraction of sp³-hybridized carbons (Fsp3) is 0.571. The van der Waals surface area contributed by atoms with Crippen molar-refractivity contribution in [1.82, 2.24) is 5.32 Å². The third-order valence-electron chi connectivity index (χ3n) is 3.36. The van der Waals surface area contributed by atoms with E-state index in [0.29, 0.717) is 6.54 Å². The number of hydrogen-bond donors (Lipinski definition) is 2. The van der Waals surface area contributed by atoms with Crippen molar-refractivity contribution in [3.05, 3.63) is 30.3 Å². The summed E-state index contributed by atoms with van der Waals surface area (Å²) < 4.78 is 5.92. The van der Waals surface area contributed by atoms with E-state index >= 15 is 0 Å². The van der Waals surface area contributed by atoms with Crippen LogP contribution in [-0.2, 0) is 0 Å². The van der Waals surface area contributed by atoms with Crippen LogP contribution < -0.4 is 15.8 Å². The van der Waals surface area contributed by atoms with Crippen LogP contribution in [0.5, 0.6) is 5.75 Å². The first-order valence-electron chi connectivity index (χ1n) is 6.51. The van der Waals surface area contributed by atoms with Crippen LogP contribution in [0.2, 0.25) is 0 Å². The number of ether oxygens (including phenoxy) is 1. The molecule has 94 valence electrons.